The van der Waals surface area contributed by atoms with Crippen molar-refractivity contribution >= 4 is 11.6 Å². The lowest BCUT2D eigenvalue weighted by atomic mass is 10.3. The summed E-state index contributed by atoms with van der Waals surface area (Å²) in [7, 11) is 0. The molecule has 0 spiro atoms. The van der Waals surface area contributed by atoms with Crippen molar-refractivity contribution in [3.8, 4) is 5.75 Å². The van der Waals surface area contributed by atoms with Crippen LogP contribution >= 0.6 is 0 Å². The minimum Gasteiger partial charge on any atom is -1.00 e. The highest BCUT2D eigenvalue weighted by atomic mass is 35.5. The lowest BCUT2D eigenvalue weighted by molar-refractivity contribution is -0.360. The summed E-state index contributed by atoms with van der Waals surface area (Å²) in [6.07, 6.45) is 0. The van der Waals surface area contributed by atoms with Gasteiger partial charge in [-0.1, -0.05) is 0 Å². The van der Waals surface area contributed by atoms with Gasteiger partial charge in [0.1, 0.15) is 5.75 Å². The van der Waals surface area contributed by atoms with Crippen LogP contribution in [0.5, 0.6) is 5.75 Å². The second-order valence-corrected chi connectivity index (χ2v) is 2.20. The zero-order valence-corrected chi connectivity index (χ0v) is 7.42. The monoisotopic (exact) mass is 203 g/mol. The fourth-order valence-electron chi connectivity index (χ4n) is 0.728. The van der Waals surface area contributed by atoms with Crippen LogP contribution in [0.15, 0.2) is 24.3 Å². The van der Waals surface area contributed by atoms with Crippen molar-refractivity contribution in [2.75, 3.05) is 0 Å². The molecule has 72 valence electrons. The molecule has 0 radical (unpaired) electrons. The van der Waals surface area contributed by atoms with Gasteiger partial charge in [-0.15, -0.1) is 5.48 Å². The Labute approximate surface area is 81.3 Å². The molecule has 0 aliphatic rings. The first-order valence-corrected chi connectivity index (χ1v) is 3.31. The van der Waals surface area contributed by atoms with E-state index in [0.717, 1.165) is 0 Å². The summed E-state index contributed by atoms with van der Waals surface area (Å²) in [6.45, 7) is 0. The maximum Gasteiger partial charge on any atom is 0.374 e. The summed E-state index contributed by atoms with van der Waals surface area (Å²) in [5, 5.41) is 17.2. The molecule has 6 N–H and O–H groups in total. The molecular formula is C7H10ClN3O2. The molecule has 0 bridgehead atoms. The molecule has 6 heteroatoms. The van der Waals surface area contributed by atoms with E-state index in [-0.39, 0.29) is 24.1 Å². The summed E-state index contributed by atoms with van der Waals surface area (Å²) in [6, 6.07) is 6.26. The molecule has 5 nitrogen and oxygen atoms in total. The van der Waals surface area contributed by atoms with E-state index < -0.39 is 0 Å². The van der Waals surface area contributed by atoms with Gasteiger partial charge in [-0.2, -0.15) is 0 Å². The van der Waals surface area contributed by atoms with E-state index in [0.29, 0.717) is 5.69 Å². The molecule has 0 saturated carbocycles. The Morgan fingerprint density at radius 3 is 2.31 bits per heavy atom. The number of benzene rings is 1. The van der Waals surface area contributed by atoms with Crippen LogP contribution in [0, 0.1) is 0 Å². The Morgan fingerprint density at radius 2 is 1.85 bits per heavy atom. The minimum absolute atomic E-state index is 0. The molecule has 0 aliphatic carbocycles. The number of rotatable bonds is 1. The molecular weight excluding hydrogens is 194 g/mol. The molecule has 0 unspecified atom stereocenters. The van der Waals surface area contributed by atoms with Gasteiger partial charge in [-0.05, 0) is 24.3 Å². The summed E-state index contributed by atoms with van der Waals surface area (Å²) in [4.78, 5) is 2.64. The predicted octanol–water partition coefficient (Wildman–Crippen LogP) is -4.60. The third kappa shape index (κ3) is 3.64. The Morgan fingerprint density at radius 1 is 1.31 bits per heavy atom. The van der Waals surface area contributed by atoms with Gasteiger partial charge >= 0.3 is 5.96 Å². The number of nitrogens with one attached hydrogen (secondary N) is 2. The van der Waals surface area contributed by atoms with E-state index in [1.165, 1.54) is 12.1 Å². The second-order valence-electron chi connectivity index (χ2n) is 2.20. The van der Waals surface area contributed by atoms with Gasteiger partial charge in [0.05, 0.1) is 5.69 Å². The average Bonchev–Trinajstić information content (AvgIpc) is 2.09. The summed E-state index contributed by atoms with van der Waals surface area (Å²) in [5.41, 5.74) is 7.65. The van der Waals surface area contributed by atoms with Gasteiger partial charge in [0.25, 0.3) is 0 Å². The van der Waals surface area contributed by atoms with Crippen LogP contribution in [0.4, 0.5) is 5.69 Å². The molecule has 0 heterocycles. The van der Waals surface area contributed by atoms with Crippen molar-refractivity contribution < 1.29 is 27.7 Å². The zero-order valence-electron chi connectivity index (χ0n) is 6.66. The fraction of sp³-hybridized carbons (Fsp3) is 0. The molecule has 0 fully saturated rings. The molecule has 1 aromatic carbocycles. The maximum absolute atomic E-state index is 8.92. The number of guanidine groups is 1. The highest BCUT2D eigenvalue weighted by Crippen LogP contribution is 2.08. The van der Waals surface area contributed by atoms with Gasteiger partial charge in [0.15, 0.2) is 0 Å². The van der Waals surface area contributed by atoms with Crippen molar-refractivity contribution in [1.29, 1.82) is 0 Å². The van der Waals surface area contributed by atoms with Gasteiger partial charge in [0.2, 0.25) is 0 Å². The van der Waals surface area contributed by atoms with Crippen molar-refractivity contribution in [1.82, 2.24) is 5.48 Å². The number of hydrogen-bond acceptors (Lipinski definition) is 2. The molecule has 0 aromatic heterocycles. The number of hydrogen-bond donors (Lipinski definition) is 5. The predicted molar refractivity (Wildman–Crippen MR) is 42.8 cm³/mol. The van der Waals surface area contributed by atoms with E-state index >= 15 is 0 Å². The second kappa shape index (κ2) is 5.23. The van der Waals surface area contributed by atoms with Crippen molar-refractivity contribution in [3.05, 3.63) is 24.3 Å². The molecule has 13 heavy (non-hydrogen) atoms. The molecule has 0 atom stereocenters. The standard InChI is InChI=1S/C7H9N3O2.ClH/c8-7(10-12)9-5-1-3-6(11)4-2-5;/h1-4,11-12H,(H3,8,9,10);1H. The molecule has 0 saturated heterocycles. The van der Waals surface area contributed by atoms with Gasteiger partial charge in [0, 0.05) is 0 Å². The fourth-order valence-corrected chi connectivity index (χ4v) is 0.728. The normalized spacial score (nSPS) is 10.4. The number of hydroxylamine groups is 1. The number of nitrogens with two attached hydrogens (primary N) is 1. The van der Waals surface area contributed by atoms with Gasteiger partial charge in [-0.3, -0.25) is 5.73 Å². The van der Waals surface area contributed by atoms with Crippen LogP contribution in [0.3, 0.4) is 0 Å². The van der Waals surface area contributed by atoms with Gasteiger partial charge < -0.3 is 17.5 Å². The van der Waals surface area contributed by atoms with E-state index in [4.69, 9.17) is 16.0 Å². The Hall–Kier alpha value is -1.46. The lowest BCUT2D eigenvalue weighted by Crippen LogP contribution is -3.00. The quantitative estimate of drug-likeness (QED) is 0.138. The minimum atomic E-state index is 0. The maximum atomic E-state index is 8.92. The van der Waals surface area contributed by atoms with Crippen LogP contribution in [0.25, 0.3) is 0 Å². The Kier molecular flexibility index (Phi) is 4.64. The SMILES string of the molecule is NC(NO)=[NH+]c1ccc(O)cc1.[Cl-]. The summed E-state index contributed by atoms with van der Waals surface area (Å²) in [5.74, 6) is 0.205. The number of aromatic hydroxyl groups is 1. The topological polar surface area (TPSA) is 92.5 Å². The first-order chi connectivity index (χ1) is 5.72. The van der Waals surface area contributed by atoms with Crippen molar-refractivity contribution in [2.24, 2.45) is 5.73 Å². The molecule has 0 amide bonds. The largest absolute Gasteiger partial charge is 1.00 e. The summed E-state index contributed by atoms with van der Waals surface area (Å²) >= 11 is 0. The number of phenolic OH excluding ortho intramolecular Hbond substituents is 1. The Balaban J connectivity index is 0.00000144. The van der Waals surface area contributed by atoms with E-state index in [1.54, 1.807) is 17.6 Å². The highest BCUT2D eigenvalue weighted by molar-refractivity contribution is 5.71. The van der Waals surface area contributed by atoms with Crippen LogP contribution in [-0.2, 0) is 0 Å². The van der Waals surface area contributed by atoms with Crippen LogP contribution in [-0.4, -0.2) is 16.3 Å². The molecule has 0 aliphatic heterocycles. The number of halogens is 1. The smallest absolute Gasteiger partial charge is 0.374 e. The first kappa shape index (κ1) is 11.5. The van der Waals surface area contributed by atoms with E-state index in [9.17, 15) is 0 Å². The molecule has 1 aromatic rings. The number of phenols is 1. The Bertz CT molecular complexity index is 286. The average molecular weight is 204 g/mol. The summed E-state index contributed by atoms with van der Waals surface area (Å²) < 4.78 is 0. The van der Waals surface area contributed by atoms with Crippen LogP contribution < -0.4 is 28.6 Å². The van der Waals surface area contributed by atoms with Crippen molar-refractivity contribution in [3.63, 3.8) is 0 Å². The highest BCUT2D eigenvalue weighted by Gasteiger charge is 1.95. The third-order valence-corrected chi connectivity index (χ3v) is 1.27. The van der Waals surface area contributed by atoms with Crippen LogP contribution in [0.2, 0.25) is 0 Å². The zero-order chi connectivity index (χ0) is 8.97. The third-order valence-electron chi connectivity index (χ3n) is 1.27. The molecule has 1 rings (SSSR count). The van der Waals surface area contributed by atoms with E-state index in [1.807, 2.05) is 0 Å². The first-order valence-electron chi connectivity index (χ1n) is 3.31. The lowest BCUT2D eigenvalue weighted by Gasteiger charge is -1.93. The van der Waals surface area contributed by atoms with Gasteiger partial charge in [-0.25, -0.2) is 10.2 Å². The van der Waals surface area contributed by atoms with Crippen molar-refractivity contribution in [2.45, 2.75) is 0 Å². The van der Waals surface area contributed by atoms with E-state index in [2.05, 4.69) is 4.99 Å². The van der Waals surface area contributed by atoms with Crippen LogP contribution in [0.1, 0.15) is 0 Å².